The maximum Gasteiger partial charge on any atom is 0.126 e. The van der Waals surface area contributed by atoms with E-state index in [4.69, 9.17) is 4.74 Å². The van der Waals surface area contributed by atoms with Crippen molar-refractivity contribution in [1.29, 1.82) is 0 Å². The molecule has 10 saturated carbocycles. The maximum absolute atomic E-state index is 7.41. The van der Waals surface area contributed by atoms with Gasteiger partial charge in [0.25, 0.3) is 0 Å². The van der Waals surface area contributed by atoms with Crippen molar-refractivity contribution in [2.45, 2.75) is 23.9 Å². The molecule has 0 bridgehead atoms. The van der Waals surface area contributed by atoms with E-state index >= 15 is 0 Å². The summed E-state index contributed by atoms with van der Waals surface area (Å²) in [5.41, 5.74) is 2.47. The second-order valence-electron chi connectivity index (χ2n) is 13.1. The summed E-state index contributed by atoms with van der Waals surface area (Å²) in [6.45, 7) is 0. The molecule has 0 amide bonds. The minimum absolute atomic E-state index is 0.280. The highest BCUT2D eigenvalue weighted by molar-refractivity contribution is 5.60. The molecule has 0 saturated heterocycles. The van der Waals surface area contributed by atoms with E-state index < -0.39 is 0 Å². The summed E-state index contributed by atoms with van der Waals surface area (Å²) in [5, 5.41) is 0. The Morgan fingerprint density at radius 1 is 0.667 bits per heavy atom. The van der Waals surface area contributed by atoms with Gasteiger partial charge < -0.3 is 4.74 Å². The van der Waals surface area contributed by atoms with Crippen molar-refractivity contribution >= 4 is 0 Å². The zero-order valence-electron chi connectivity index (χ0n) is 15.4. The molecule has 12 rings (SSSR count). The topological polar surface area (TPSA) is 9.23 Å². The van der Waals surface area contributed by atoms with E-state index in [2.05, 4.69) is 24.3 Å². The number of hydrogen-bond acceptors (Lipinski definition) is 1. The quantitative estimate of drug-likeness (QED) is 0.689. The number of fused-ring (bicyclic) bond motifs is 3. The first-order valence-electron chi connectivity index (χ1n) is 12.2. The van der Waals surface area contributed by atoms with Crippen LogP contribution < -0.4 is 4.74 Å². The van der Waals surface area contributed by atoms with Gasteiger partial charge in [0.05, 0.1) is 0 Å². The SMILES string of the molecule is c1ccc2c(c1)OC13[C@@H]4[C@@H]5[C@H]6C7C8[C@H]9C[C@H]([C@@H]%10[C@H]9[C@@H]7[C@@H]5[C@H]%101)C23[C@@H]1C[C@H]8[C@@H]6[C@@H]41. The Bertz CT molecular complexity index is 1020. The average Bonchev–Trinajstić information content (AvgIpc) is 3.42. The highest BCUT2D eigenvalue weighted by Gasteiger charge is 3.01. The Kier molecular flexibility index (Phi) is 1.23. The van der Waals surface area contributed by atoms with Gasteiger partial charge in [0.15, 0.2) is 0 Å². The first kappa shape index (κ1) is 11.9. The van der Waals surface area contributed by atoms with Crippen molar-refractivity contribution in [2.24, 2.45) is 94.7 Å². The predicted molar refractivity (Wildman–Crippen MR) is 96.6 cm³/mol. The van der Waals surface area contributed by atoms with Crippen LogP contribution in [0.1, 0.15) is 18.4 Å². The van der Waals surface area contributed by atoms with Gasteiger partial charge in [-0.3, -0.25) is 0 Å². The van der Waals surface area contributed by atoms with E-state index in [9.17, 15) is 0 Å². The van der Waals surface area contributed by atoms with Crippen LogP contribution in [0.3, 0.4) is 0 Å². The smallest absolute Gasteiger partial charge is 0.126 e. The molecule has 1 spiro atoms. The summed E-state index contributed by atoms with van der Waals surface area (Å²) in [5.74, 6) is 19.0. The van der Waals surface area contributed by atoms with Crippen LogP contribution in [0.15, 0.2) is 24.3 Å². The number of hydrogen-bond donors (Lipinski definition) is 0. The highest BCUT2D eigenvalue weighted by atomic mass is 16.5. The normalized spacial score (nSPS) is 83.1. The monoisotopic (exact) mass is 352 g/mol. The van der Waals surface area contributed by atoms with Crippen LogP contribution in [-0.2, 0) is 5.41 Å². The van der Waals surface area contributed by atoms with Crippen LogP contribution in [0.2, 0.25) is 0 Å². The number of benzene rings is 1. The fraction of sp³-hybridized carbons (Fsp3) is 0.769. The Balaban J connectivity index is 1.36. The van der Waals surface area contributed by atoms with Crippen LogP contribution in [0.4, 0.5) is 0 Å². The van der Waals surface area contributed by atoms with E-state index in [1.54, 1.807) is 18.4 Å². The zero-order chi connectivity index (χ0) is 16.3. The lowest BCUT2D eigenvalue weighted by Gasteiger charge is -2.46. The molecule has 1 heteroatoms. The van der Waals surface area contributed by atoms with Gasteiger partial charge in [-0.05, 0) is 102 Å². The fourth-order valence-electron chi connectivity index (χ4n) is 16.1. The third-order valence-corrected chi connectivity index (χ3v) is 14.5. The van der Waals surface area contributed by atoms with Crippen molar-refractivity contribution in [1.82, 2.24) is 0 Å². The average molecular weight is 352 g/mol. The minimum atomic E-state index is 0.280. The third kappa shape index (κ3) is 0.657. The predicted octanol–water partition coefficient (Wildman–Crippen LogP) is 3.83. The van der Waals surface area contributed by atoms with Gasteiger partial charge in [0.2, 0.25) is 0 Å². The summed E-state index contributed by atoms with van der Waals surface area (Å²) in [6, 6.07) is 9.51. The van der Waals surface area contributed by atoms with E-state index in [0.29, 0.717) is 5.41 Å². The molecule has 1 heterocycles. The molecule has 134 valence electrons. The second-order valence-corrected chi connectivity index (χ2v) is 13.1. The molecule has 11 aliphatic rings. The maximum atomic E-state index is 7.41. The molecule has 10 aliphatic carbocycles. The van der Waals surface area contributed by atoms with Crippen molar-refractivity contribution in [3.8, 4) is 5.75 Å². The Labute approximate surface area is 159 Å². The van der Waals surface area contributed by atoms with Gasteiger partial charge >= 0.3 is 0 Å². The van der Waals surface area contributed by atoms with Crippen LogP contribution in [-0.4, -0.2) is 5.60 Å². The van der Waals surface area contributed by atoms with Gasteiger partial charge in [0, 0.05) is 22.8 Å². The molecular weight excluding hydrogens is 328 g/mol. The first-order chi connectivity index (χ1) is 13.4. The Morgan fingerprint density at radius 3 is 2.00 bits per heavy atom. The van der Waals surface area contributed by atoms with E-state index in [0.717, 1.165) is 71.0 Å². The van der Waals surface area contributed by atoms with E-state index in [1.165, 1.54) is 29.4 Å². The summed E-state index contributed by atoms with van der Waals surface area (Å²) in [7, 11) is 0. The van der Waals surface area contributed by atoms with Gasteiger partial charge in [-0.25, -0.2) is 0 Å². The summed E-state index contributed by atoms with van der Waals surface area (Å²) in [6.07, 6.45) is 3.23. The molecule has 4 unspecified atom stereocenters. The Hall–Kier alpha value is -0.980. The number of para-hydroxylation sites is 1. The molecule has 1 nitrogen and oxygen atoms in total. The van der Waals surface area contributed by atoms with Crippen LogP contribution >= 0.6 is 0 Å². The molecular formula is C26H24O. The zero-order valence-corrected chi connectivity index (χ0v) is 15.4. The molecule has 18 atom stereocenters. The lowest BCUT2D eigenvalue weighted by Crippen LogP contribution is -2.55. The van der Waals surface area contributed by atoms with Crippen molar-refractivity contribution < 1.29 is 4.74 Å². The van der Waals surface area contributed by atoms with Crippen LogP contribution in [0.25, 0.3) is 0 Å². The fourth-order valence-corrected chi connectivity index (χ4v) is 16.1. The van der Waals surface area contributed by atoms with Crippen molar-refractivity contribution in [3.05, 3.63) is 29.8 Å². The molecule has 10 fully saturated rings. The Morgan fingerprint density at radius 2 is 1.30 bits per heavy atom. The van der Waals surface area contributed by atoms with Gasteiger partial charge in [-0.1, -0.05) is 18.2 Å². The summed E-state index contributed by atoms with van der Waals surface area (Å²) in [4.78, 5) is 0. The molecule has 1 aliphatic heterocycles. The van der Waals surface area contributed by atoms with Crippen LogP contribution in [0.5, 0.6) is 5.75 Å². The molecule has 1 aromatic carbocycles. The van der Waals surface area contributed by atoms with Gasteiger partial charge in [0.1, 0.15) is 11.4 Å². The number of ether oxygens (including phenoxy) is 1. The highest BCUT2D eigenvalue weighted by Crippen LogP contribution is 3.00. The van der Waals surface area contributed by atoms with Crippen molar-refractivity contribution in [3.63, 3.8) is 0 Å². The van der Waals surface area contributed by atoms with E-state index in [-0.39, 0.29) is 5.60 Å². The molecule has 0 N–H and O–H groups in total. The largest absolute Gasteiger partial charge is 0.485 e. The first-order valence-corrected chi connectivity index (χ1v) is 12.2. The molecule has 0 aromatic heterocycles. The van der Waals surface area contributed by atoms with Gasteiger partial charge in [-0.15, -0.1) is 0 Å². The summed E-state index contributed by atoms with van der Waals surface area (Å²) < 4.78 is 7.41. The van der Waals surface area contributed by atoms with Gasteiger partial charge in [-0.2, -0.15) is 0 Å². The van der Waals surface area contributed by atoms with Crippen molar-refractivity contribution in [2.75, 3.05) is 0 Å². The molecule has 27 heavy (non-hydrogen) atoms. The lowest BCUT2D eigenvalue weighted by molar-refractivity contribution is -0.0348. The van der Waals surface area contributed by atoms with Crippen LogP contribution in [0, 0.1) is 94.7 Å². The molecule has 0 radical (unpaired) electrons. The number of rotatable bonds is 0. The standard InChI is InChI=1S/C26H24O/c1-2-4-12-9(3-1)25-10-5-7-13-8-6-11(25)17-15(8)20-18(13)19-14(7)16(10)23-21(19)22(20)24(17)26(23,25)27-12/h1-4,7-8,10-11,13-24H,5-6H2/t7-,8-,10-,11-,13?,14-,15+,16+,17-,18?,19-,20+,21-,22+,23+,24+,25?,26?/m1/s1. The summed E-state index contributed by atoms with van der Waals surface area (Å²) >= 11 is 0. The minimum Gasteiger partial charge on any atom is -0.485 e. The van der Waals surface area contributed by atoms with E-state index in [1.807, 2.05) is 0 Å². The molecule has 1 aromatic rings. The second kappa shape index (κ2) is 2.78. The lowest BCUT2D eigenvalue weighted by atomic mass is 9.57. The third-order valence-electron chi connectivity index (χ3n) is 14.5.